The van der Waals surface area contributed by atoms with Crippen molar-refractivity contribution in [1.29, 1.82) is 0 Å². The molecule has 3 aromatic rings. The summed E-state index contributed by atoms with van der Waals surface area (Å²) in [5, 5.41) is 0.405. The van der Waals surface area contributed by atoms with Crippen molar-refractivity contribution in [1.82, 2.24) is 19.4 Å². The third-order valence-corrected chi connectivity index (χ3v) is 5.13. The number of nitrogens with zero attached hydrogens (tertiary/aromatic N) is 4. The Kier molecular flexibility index (Phi) is 5.95. The van der Waals surface area contributed by atoms with Gasteiger partial charge in [0.1, 0.15) is 17.0 Å². The van der Waals surface area contributed by atoms with Gasteiger partial charge in [0.05, 0.1) is 43.6 Å². The number of benzene rings is 1. The molecule has 1 unspecified atom stereocenters. The normalized spacial score (nSPS) is 17.7. The number of halogens is 1. The molecule has 0 saturated carbocycles. The number of carbonyl (C=O) groups is 1. The largest absolute Gasteiger partial charge is 0.495 e. The molecule has 1 saturated heterocycles. The number of ether oxygens (including phenoxy) is 2. The summed E-state index contributed by atoms with van der Waals surface area (Å²) in [6.07, 6.45) is 5.26. The lowest BCUT2D eigenvalue weighted by atomic mass is 10.1. The molecule has 1 atom stereocenters. The quantitative estimate of drug-likeness (QED) is 0.444. The first-order valence-corrected chi connectivity index (χ1v) is 10.3. The highest BCUT2D eigenvalue weighted by molar-refractivity contribution is 6.29. The Morgan fingerprint density at radius 3 is 2.87 bits per heavy atom. The second-order valence-corrected chi connectivity index (χ2v) is 7.82. The zero-order chi connectivity index (χ0) is 22.0. The maximum absolute atomic E-state index is 13.0. The molecule has 0 bridgehead atoms. The van der Waals surface area contributed by atoms with Gasteiger partial charge in [0.2, 0.25) is 0 Å². The molecule has 1 aliphatic rings. The van der Waals surface area contributed by atoms with Crippen LogP contribution in [-0.4, -0.2) is 45.1 Å². The predicted octanol–water partition coefficient (Wildman–Crippen LogP) is 4.03. The van der Waals surface area contributed by atoms with Crippen LogP contribution in [0.15, 0.2) is 54.7 Å². The third-order valence-electron chi connectivity index (χ3n) is 4.92. The number of aromatic nitrogens is 3. The number of imidazole rings is 1. The van der Waals surface area contributed by atoms with Crippen LogP contribution in [0.1, 0.15) is 23.9 Å². The minimum atomic E-state index is -0.187. The van der Waals surface area contributed by atoms with Crippen molar-refractivity contribution in [3.05, 3.63) is 76.8 Å². The van der Waals surface area contributed by atoms with Gasteiger partial charge in [0.15, 0.2) is 5.76 Å². The molecule has 1 aliphatic heterocycles. The number of hydrogen-bond acceptors (Lipinski definition) is 5. The Morgan fingerprint density at radius 1 is 1.32 bits per heavy atom. The Balaban J connectivity index is 1.60. The van der Waals surface area contributed by atoms with Gasteiger partial charge in [-0.25, -0.2) is 9.97 Å². The van der Waals surface area contributed by atoms with E-state index >= 15 is 0 Å². The van der Waals surface area contributed by atoms with E-state index in [1.807, 2.05) is 54.9 Å². The van der Waals surface area contributed by atoms with Crippen molar-refractivity contribution in [3.63, 3.8) is 0 Å². The van der Waals surface area contributed by atoms with Crippen molar-refractivity contribution in [2.45, 2.75) is 26.5 Å². The summed E-state index contributed by atoms with van der Waals surface area (Å²) < 4.78 is 13.3. The highest BCUT2D eigenvalue weighted by atomic mass is 35.5. The minimum Gasteiger partial charge on any atom is -0.495 e. The minimum absolute atomic E-state index is 0.141. The van der Waals surface area contributed by atoms with E-state index in [2.05, 4.69) is 9.97 Å². The second kappa shape index (κ2) is 8.81. The van der Waals surface area contributed by atoms with Gasteiger partial charge in [0.25, 0.3) is 5.91 Å². The van der Waals surface area contributed by atoms with Gasteiger partial charge < -0.3 is 18.9 Å². The van der Waals surface area contributed by atoms with Crippen LogP contribution in [0.2, 0.25) is 5.15 Å². The highest BCUT2D eigenvalue weighted by Crippen LogP contribution is 2.27. The van der Waals surface area contributed by atoms with Gasteiger partial charge in [-0.2, -0.15) is 0 Å². The number of amides is 1. The second-order valence-electron chi connectivity index (χ2n) is 7.43. The summed E-state index contributed by atoms with van der Waals surface area (Å²) in [6, 6.07) is 11.1. The topological polar surface area (TPSA) is 69.5 Å². The average Bonchev–Trinajstić information content (AvgIpc) is 3.17. The number of pyridine rings is 1. The molecule has 160 valence electrons. The van der Waals surface area contributed by atoms with Crippen molar-refractivity contribution in [3.8, 4) is 11.4 Å². The van der Waals surface area contributed by atoms with Gasteiger partial charge >= 0.3 is 0 Å². The fraction of sp³-hybridized carbons (Fsp3) is 0.261. The average molecular weight is 439 g/mol. The molecule has 3 heterocycles. The summed E-state index contributed by atoms with van der Waals surface area (Å²) in [6.45, 7) is 4.71. The Morgan fingerprint density at radius 2 is 2.16 bits per heavy atom. The van der Waals surface area contributed by atoms with E-state index in [-0.39, 0.29) is 17.8 Å². The van der Waals surface area contributed by atoms with Gasteiger partial charge in [-0.1, -0.05) is 23.7 Å². The van der Waals surface area contributed by atoms with Crippen LogP contribution in [0.3, 0.4) is 0 Å². The number of morpholine rings is 1. The van der Waals surface area contributed by atoms with E-state index < -0.39 is 0 Å². The molecular weight excluding hydrogens is 416 g/mol. The highest BCUT2D eigenvalue weighted by Gasteiger charge is 2.29. The molecule has 0 radical (unpaired) electrons. The van der Waals surface area contributed by atoms with Crippen LogP contribution in [0.5, 0.6) is 5.75 Å². The molecular formula is C23H23ClN4O3. The zero-order valence-electron chi connectivity index (χ0n) is 17.6. The van der Waals surface area contributed by atoms with E-state index in [1.54, 1.807) is 30.5 Å². The molecule has 2 aromatic heterocycles. The maximum atomic E-state index is 13.0. The van der Waals surface area contributed by atoms with E-state index in [0.29, 0.717) is 24.0 Å². The number of rotatable bonds is 5. The number of carbonyl (C=O) groups excluding carboxylic acids is 1. The third kappa shape index (κ3) is 4.72. The van der Waals surface area contributed by atoms with Gasteiger partial charge in [-0.05, 0) is 49.8 Å². The number of aryl methyl sites for hydroxylation is 1. The lowest BCUT2D eigenvalue weighted by molar-refractivity contribution is -0.139. The molecule has 7 nitrogen and oxygen atoms in total. The smallest absolute Gasteiger partial charge is 0.289 e. The maximum Gasteiger partial charge on any atom is 0.289 e. The molecule has 0 N–H and O–H groups in total. The summed E-state index contributed by atoms with van der Waals surface area (Å²) >= 11 is 5.98. The predicted molar refractivity (Wildman–Crippen MR) is 118 cm³/mol. The first-order valence-electron chi connectivity index (χ1n) is 9.91. The number of methoxy groups -OCH3 is 1. The monoisotopic (exact) mass is 438 g/mol. The lowest BCUT2D eigenvalue weighted by Crippen LogP contribution is -2.43. The summed E-state index contributed by atoms with van der Waals surface area (Å²) in [4.78, 5) is 23.3. The van der Waals surface area contributed by atoms with Crippen LogP contribution < -0.4 is 4.74 Å². The van der Waals surface area contributed by atoms with Crippen molar-refractivity contribution in [2.24, 2.45) is 0 Å². The molecule has 1 aromatic carbocycles. The fourth-order valence-corrected chi connectivity index (χ4v) is 3.70. The van der Waals surface area contributed by atoms with E-state index in [4.69, 9.17) is 21.1 Å². The molecule has 31 heavy (non-hydrogen) atoms. The van der Waals surface area contributed by atoms with E-state index in [1.165, 1.54) is 0 Å². The fourth-order valence-electron chi connectivity index (χ4n) is 3.52. The van der Waals surface area contributed by atoms with Gasteiger partial charge in [0, 0.05) is 6.20 Å². The van der Waals surface area contributed by atoms with Gasteiger partial charge in [-0.15, -0.1) is 0 Å². The zero-order valence-corrected chi connectivity index (χ0v) is 18.3. The summed E-state index contributed by atoms with van der Waals surface area (Å²) in [5.74, 6) is 0.769. The van der Waals surface area contributed by atoms with Gasteiger partial charge in [-0.3, -0.25) is 4.79 Å². The first kappa shape index (κ1) is 20.9. The Labute approximate surface area is 185 Å². The molecule has 1 fully saturated rings. The van der Waals surface area contributed by atoms with Crippen LogP contribution in [0.4, 0.5) is 0 Å². The van der Waals surface area contributed by atoms with Crippen LogP contribution in [-0.2, 0) is 16.1 Å². The van der Waals surface area contributed by atoms with Crippen LogP contribution in [0.25, 0.3) is 11.8 Å². The van der Waals surface area contributed by atoms with Crippen molar-refractivity contribution < 1.29 is 14.3 Å². The van der Waals surface area contributed by atoms with Crippen molar-refractivity contribution >= 4 is 23.6 Å². The molecule has 0 aliphatic carbocycles. The first-order chi connectivity index (χ1) is 14.9. The Hall–Kier alpha value is -3.32. The molecule has 0 spiro atoms. The lowest BCUT2D eigenvalue weighted by Gasteiger charge is -2.32. The van der Waals surface area contributed by atoms with Crippen LogP contribution in [0, 0.1) is 6.92 Å². The van der Waals surface area contributed by atoms with Crippen LogP contribution >= 0.6 is 11.6 Å². The molecule has 1 amide bonds. The molecule has 8 heteroatoms. The van der Waals surface area contributed by atoms with Crippen molar-refractivity contribution in [2.75, 3.05) is 13.7 Å². The van der Waals surface area contributed by atoms with E-state index in [0.717, 1.165) is 22.6 Å². The number of hydrogen-bond donors (Lipinski definition) is 0. The molecule has 4 rings (SSSR count). The Bertz CT molecular complexity index is 1140. The summed E-state index contributed by atoms with van der Waals surface area (Å²) in [7, 11) is 1.61. The SMILES string of the molecule is COc1cc(C=C2OC(C)CN(Cc3cccc(Cl)n3)C2=O)ccc1-n1cnc(C)c1. The summed E-state index contributed by atoms with van der Waals surface area (Å²) in [5.41, 5.74) is 3.31. The van der Waals surface area contributed by atoms with E-state index in [9.17, 15) is 4.79 Å². The standard InChI is InChI=1S/C23H23ClN4O3/c1-15-11-28(14-25-15)19-8-7-17(9-20(19)30-3)10-21-23(29)27(12-16(2)31-21)13-18-5-4-6-22(24)26-18/h4-11,14,16H,12-13H2,1-3H3.